The first kappa shape index (κ1) is 13.3. The smallest absolute Gasteiger partial charge is 0.241 e. The third-order valence-corrected chi connectivity index (χ3v) is 2.32. The van der Waals surface area contributed by atoms with Gasteiger partial charge in [0.25, 0.3) is 0 Å². The van der Waals surface area contributed by atoms with Crippen molar-refractivity contribution in [3.05, 3.63) is 36.0 Å². The number of nitrogens with one attached hydrogen (secondary N) is 1. The Kier molecular flexibility index (Phi) is 4.32. The molecule has 2 aromatic rings. The van der Waals surface area contributed by atoms with Crippen molar-refractivity contribution in [2.24, 2.45) is 0 Å². The van der Waals surface area contributed by atoms with Crippen LogP contribution in [-0.2, 0) is 0 Å². The lowest BCUT2D eigenvalue weighted by molar-refractivity contribution is 0.233. The van der Waals surface area contributed by atoms with E-state index in [0.717, 1.165) is 16.8 Å². The normalized spacial score (nSPS) is 10.1. The molecule has 2 rings (SSSR count). The average molecular weight is 232 g/mol. The molecule has 0 saturated heterocycles. The van der Waals surface area contributed by atoms with Crippen molar-refractivity contribution >= 4 is 0 Å². The van der Waals surface area contributed by atoms with E-state index in [1.54, 1.807) is 0 Å². The number of benzene rings is 1. The van der Waals surface area contributed by atoms with E-state index in [4.69, 9.17) is 4.74 Å². The van der Waals surface area contributed by atoms with Gasteiger partial charge in [-0.2, -0.15) is 0 Å². The van der Waals surface area contributed by atoms with Gasteiger partial charge in [-0.15, -0.1) is 5.10 Å². The maximum atomic E-state index is 5.68. The Morgan fingerprint density at radius 3 is 2.41 bits per heavy atom. The van der Waals surface area contributed by atoms with Crippen molar-refractivity contribution in [1.29, 1.82) is 0 Å². The van der Waals surface area contributed by atoms with Crippen LogP contribution in [0.2, 0.25) is 0 Å². The van der Waals surface area contributed by atoms with Crippen molar-refractivity contribution in [3.63, 3.8) is 0 Å². The summed E-state index contributed by atoms with van der Waals surface area (Å²) in [5, 5.41) is 7.15. The summed E-state index contributed by atoms with van der Waals surface area (Å²) in [6.07, 6.45) is 0.130. The highest BCUT2D eigenvalue weighted by molar-refractivity contribution is 5.70. The van der Waals surface area contributed by atoms with Crippen molar-refractivity contribution in [1.82, 2.24) is 10.2 Å². The zero-order valence-electron chi connectivity index (χ0n) is 9.82. The lowest BCUT2D eigenvalue weighted by atomic mass is 10.1. The van der Waals surface area contributed by atoms with Gasteiger partial charge in [-0.3, -0.25) is 5.10 Å². The fraction of sp³-hybridized carbons (Fsp3) is 0.357. The summed E-state index contributed by atoms with van der Waals surface area (Å²) in [6.45, 7) is 6.00. The van der Waals surface area contributed by atoms with Gasteiger partial charge in [0.05, 0.1) is 11.7 Å². The molecule has 17 heavy (non-hydrogen) atoms. The number of hydrogen-bond acceptors (Lipinski definition) is 2. The first-order valence-electron chi connectivity index (χ1n) is 5.45. The molecule has 1 N–H and O–H groups in total. The van der Waals surface area contributed by atoms with Crippen molar-refractivity contribution < 1.29 is 4.74 Å². The standard InChI is InChI=1S/C13H16N2O.CH4/c1-9(2)16-13-12(10(3)14-15-13)11-7-5-4-6-8-11;/h4-9H,1-3H3,(H,14,15);1H4. The van der Waals surface area contributed by atoms with E-state index in [1.165, 1.54) is 0 Å². The second kappa shape index (κ2) is 5.53. The largest absolute Gasteiger partial charge is 0.473 e. The van der Waals surface area contributed by atoms with E-state index in [-0.39, 0.29) is 13.5 Å². The van der Waals surface area contributed by atoms with Gasteiger partial charge < -0.3 is 4.74 Å². The highest BCUT2D eigenvalue weighted by Crippen LogP contribution is 2.31. The third kappa shape index (κ3) is 2.87. The quantitative estimate of drug-likeness (QED) is 0.873. The van der Waals surface area contributed by atoms with Gasteiger partial charge in [0, 0.05) is 5.69 Å². The van der Waals surface area contributed by atoms with Gasteiger partial charge in [-0.25, -0.2) is 0 Å². The fourth-order valence-electron chi connectivity index (χ4n) is 1.66. The summed E-state index contributed by atoms with van der Waals surface area (Å²) in [4.78, 5) is 0. The molecule has 0 aliphatic heterocycles. The molecule has 0 aliphatic carbocycles. The predicted molar refractivity (Wildman–Crippen MR) is 71.3 cm³/mol. The third-order valence-electron chi connectivity index (χ3n) is 2.32. The molecule has 3 nitrogen and oxygen atoms in total. The lowest BCUT2D eigenvalue weighted by Gasteiger charge is -2.09. The van der Waals surface area contributed by atoms with Crippen LogP contribution in [0.15, 0.2) is 30.3 Å². The van der Waals surface area contributed by atoms with Crippen LogP contribution in [0.5, 0.6) is 5.88 Å². The number of ether oxygens (including phenoxy) is 1. The molecule has 92 valence electrons. The molecular weight excluding hydrogens is 212 g/mol. The molecule has 0 atom stereocenters. The van der Waals surface area contributed by atoms with Crippen molar-refractivity contribution in [2.45, 2.75) is 34.3 Å². The number of aromatic amines is 1. The Labute approximate surface area is 103 Å². The second-order valence-electron chi connectivity index (χ2n) is 4.06. The Bertz CT molecular complexity index is 460. The van der Waals surface area contributed by atoms with Crippen molar-refractivity contribution in [2.75, 3.05) is 0 Å². The summed E-state index contributed by atoms with van der Waals surface area (Å²) in [7, 11) is 0. The Balaban J connectivity index is 0.00000144. The van der Waals surface area contributed by atoms with Gasteiger partial charge >= 0.3 is 0 Å². The van der Waals surface area contributed by atoms with E-state index in [0.29, 0.717) is 5.88 Å². The molecule has 0 aliphatic rings. The molecule has 3 heteroatoms. The first-order chi connectivity index (χ1) is 7.68. The molecule has 0 saturated carbocycles. The van der Waals surface area contributed by atoms with Crippen LogP contribution in [0, 0.1) is 6.92 Å². The number of hydrogen-bond donors (Lipinski definition) is 1. The number of aryl methyl sites for hydroxylation is 1. The van der Waals surface area contributed by atoms with Gasteiger partial charge in [-0.1, -0.05) is 37.8 Å². The van der Waals surface area contributed by atoms with Crippen LogP contribution in [0.25, 0.3) is 11.1 Å². The minimum Gasteiger partial charge on any atom is -0.473 e. The molecule has 1 heterocycles. The summed E-state index contributed by atoms with van der Waals surface area (Å²) in [6, 6.07) is 10.2. The zero-order chi connectivity index (χ0) is 11.5. The minimum absolute atomic E-state index is 0. The van der Waals surface area contributed by atoms with E-state index < -0.39 is 0 Å². The summed E-state index contributed by atoms with van der Waals surface area (Å²) >= 11 is 0. The second-order valence-corrected chi connectivity index (χ2v) is 4.06. The van der Waals surface area contributed by atoms with Crippen LogP contribution >= 0.6 is 0 Å². The minimum atomic E-state index is 0. The maximum absolute atomic E-state index is 5.68. The molecule has 1 aromatic heterocycles. The Morgan fingerprint density at radius 1 is 1.18 bits per heavy atom. The molecule has 0 fully saturated rings. The summed E-state index contributed by atoms with van der Waals surface area (Å²) < 4.78 is 5.68. The highest BCUT2D eigenvalue weighted by atomic mass is 16.5. The van der Waals surface area contributed by atoms with Crippen LogP contribution in [0.3, 0.4) is 0 Å². The van der Waals surface area contributed by atoms with E-state index in [2.05, 4.69) is 22.3 Å². The maximum Gasteiger partial charge on any atom is 0.241 e. The molecule has 1 aromatic carbocycles. The van der Waals surface area contributed by atoms with Gasteiger partial charge in [0.1, 0.15) is 0 Å². The van der Waals surface area contributed by atoms with Gasteiger partial charge in [0.2, 0.25) is 5.88 Å². The molecule has 0 unspecified atom stereocenters. The van der Waals surface area contributed by atoms with E-state index in [1.807, 2.05) is 39.0 Å². The number of nitrogens with zero attached hydrogens (tertiary/aromatic N) is 1. The summed E-state index contributed by atoms with van der Waals surface area (Å²) in [5.41, 5.74) is 3.21. The average Bonchev–Trinajstić information content (AvgIpc) is 2.60. The summed E-state index contributed by atoms with van der Waals surface area (Å²) in [5.74, 6) is 0.679. The Morgan fingerprint density at radius 2 is 1.82 bits per heavy atom. The van der Waals surface area contributed by atoms with E-state index in [9.17, 15) is 0 Å². The van der Waals surface area contributed by atoms with Crippen LogP contribution < -0.4 is 4.74 Å². The lowest BCUT2D eigenvalue weighted by Crippen LogP contribution is -2.06. The monoisotopic (exact) mass is 232 g/mol. The first-order valence-corrected chi connectivity index (χ1v) is 5.45. The number of aromatic nitrogens is 2. The zero-order valence-corrected chi connectivity index (χ0v) is 9.82. The Hall–Kier alpha value is -1.77. The number of rotatable bonds is 3. The molecule has 0 bridgehead atoms. The predicted octanol–water partition coefficient (Wildman–Crippen LogP) is 3.81. The molecule has 0 radical (unpaired) electrons. The molecule has 0 amide bonds. The molecular formula is C14H20N2O. The van der Waals surface area contributed by atoms with Crippen LogP contribution in [-0.4, -0.2) is 16.3 Å². The SMILES string of the molecule is C.Cc1[nH]nc(OC(C)C)c1-c1ccccc1. The van der Waals surface area contributed by atoms with Gasteiger partial charge in [-0.05, 0) is 26.3 Å². The highest BCUT2D eigenvalue weighted by Gasteiger charge is 2.14. The van der Waals surface area contributed by atoms with Crippen LogP contribution in [0.4, 0.5) is 0 Å². The van der Waals surface area contributed by atoms with Crippen molar-refractivity contribution in [3.8, 4) is 17.0 Å². The topological polar surface area (TPSA) is 37.9 Å². The number of H-pyrrole nitrogens is 1. The van der Waals surface area contributed by atoms with Gasteiger partial charge in [0.15, 0.2) is 0 Å². The molecule has 0 spiro atoms. The van der Waals surface area contributed by atoms with E-state index >= 15 is 0 Å². The van der Waals surface area contributed by atoms with Crippen LogP contribution in [0.1, 0.15) is 27.0 Å². The fourth-order valence-corrected chi connectivity index (χ4v) is 1.66.